The molecule has 2 aromatic rings. The van der Waals surface area contributed by atoms with Crippen molar-refractivity contribution in [3.8, 4) is 0 Å². The van der Waals surface area contributed by atoms with Crippen molar-refractivity contribution in [2.45, 2.75) is 19.8 Å². The molecule has 1 saturated heterocycles. The van der Waals surface area contributed by atoms with E-state index >= 15 is 0 Å². The molecule has 1 fully saturated rings. The van der Waals surface area contributed by atoms with E-state index in [1.54, 1.807) is 7.05 Å². The van der Waals surface area contributed by atoms with Crippen LogP contribution in [-0.2, 0) is 4.79 Å². The average Bonchev–Trinajstić information content (AvgIpc) is 3.02. The van der Waals surface area contributed by atoms with Gasteiger partial charge in [-0.25, -0.2) is 0 Å². The largest absolute Gasteiger partial charge is 0.378 e. The molecule has 0 unspecified atom stereocenters. The van der Waals surface area contributed by atoms with Gasteiger partial charge in [-0.3, -0.25) is 9.59 Å². The molecule has 2 heterocycles. The van der Waals surface area contributed by atoms with E-state index in [9.17, 15) is 9.59 Å². The van der Waals surface area contributed by atoms with Crippen LogP contribution in [0, 0.1) is 12.8 Å². The highest BCUT2D eigenvalue weighted by Gasteiger charge is 2.30. The van der Waals surface area contributed by atoms with Crippen LogP contribution in [0.4, 0.5) is 10.7 Å². The standard InChI is InChI=1S/C18H22N4O2S/c1-12-15(17(19-2)25-21-12)18(24)22-10-8-13(9-11-22)16(23)20-14-6-4-3-5-7-14/h3-7,13,19H,8-11H2,1-2H3,(H,20,23). The fourth-order valence-corrected chi connectivity index (χ4v) is 3.80. The minimum atomic E-state index is -0.0604. The summed E-state index contributed by atoms with van der Waals surface area (Å²) in [4.78, 5) is 27.0. The van der Waals surface area contributed by atoms with E-state index in [4.69, 9.17) is 0 Å². The molecule has 0 bridgehead atoms. The Kier molecular flexibility index (Phi) is 5.33. The van der Waals surface area contributed by atoms with Gasteiger partial charge in [-0.1, -0.05) is 18.2 Å². The van der Waals surface area contributed by atoms with E-state index in [0.717, 1.165) is 16.4 Å². The van der Waals surface area contributed by atoms with Crippen molar-refractivity contribution in [3.63, 3.8) is 0 Å². The van der Waals surface area contributed by atoms with Gasteiger partial charge in [0.15, 0.2) is 0 Å². The summed E-state index contributed by atoms with van der Waals surface area (Å²) in [7, 11) is 1.80. The van der Waals surface area contributed by atoms with E-state index in [2.05, 4.69) is 15.0 Å². The molecule has 0 radical (unpaired) electrons. The van der Waals surface area contributed by atoms with E-state index in [-0.39, 0.29) is 17.7 Å². The normalized spacial score (nSPS) is 15.0. The summed E-state index contributed by atoms with van der Waals surface area (Å²) in [5, 5.41) is 6.78. The number of carbonyl (C=O) groups excluding carboxylic acids is 2. The number of hydrogen-bond acceptors (Lipinski definition) is 5. The monoisotopic (exact) mass is 358 g/mol. The van der Waals surface area contributed by atoms with Gasteiger partial charge in [0.1, 0.15) is 5.00 Å². The first-order chi connectivity index (χ1) is 12.1. The number of aryl methyl sites for hydroxylation is 1. The number of carbonyl (C=O) groups is 2. The van der Waals surface area contributed by atoms with Crippen LogP contribution >= 0.6 is 11.5 Å². The minimum absolute atomic E-state index is 0.00230. The molecule has 0 aliphatic carbocycles. The van der Waals surface area contributed by atoms with Crippen LogP contribution in [0.3, 0.4) is 0 Å². The van der Waals surface area contributed by atoms with Crippen LogP contribution in [0.1, 0.15) is 28.9 Å². The predicted octanol–water partition coefficient (Wildman–Crippen LogP) is 2.98. The Hall–Kier alpha value is -2.41. The second-order valence-corrected chi connectivity index (χ2v) is 6.92. The van der Waals surface area contributed by atoms with Gasteiger partial charge in [-0.05, 0) is 43.4 Å². The number of aromatic nitrogens is 1. The maximum absolute atomic E-state index is 12.8. The molecule has 1 aliphatic heterocycles. The summed E-state index contributed by atoms with van der Waals surface area (Å²) in [5.41, 5.74) is 2.22. The maximum Gasteiger partial charge on any atom is 0.258 e. The number of nitrogens with one attached hydrogen (secondary N) is 2. The van der Waals surface area contributed by atoms with Crippen molar-refractivity contribution < 1.29 is 9.59 Å². The topological polar surface area (TPSA) is 74.3 Å². The lowest BCUT2D eigenvalue weighted by Gasteiger charge is -2.31. The Balaban J connectivity index is 1.59. The number of benzene rings is 1. The molecule has 0 atom stereocenters. The summed E-state index contributed by atoms with van der Waals surface area (Å²) < 4.78 is 4.26. The fraction of sp³-hybridized carbons (Fsp3) is 0.389. The Morgan fingerprint density at radius 3 is 2.52 bits per heavy atom. The average molecular weight is 358 g/mol. The first kappa shape index (κ1) is 17.4. The molecule has 25 heavy (non-hydrogen) atoms. The van der Waals surface area contributed by atoms with Crippen LogP contribution in [0.2, 0.25) is 0 Å². The summed E-state index contributed by atoms with van der Waals surface area (Å²) >= 11 is 1.30. The van der Waals surface area contributed by atoms with Crippen molar-refractivity contribution in [3.05, 3.63) is 41.6 Å². The van der Waals surface area contributed by atoms with Crippen molar-refractivity contribution >= 4 is 34.0 Å². The fourth-order valence-electron chi connectivity index (χ4n) is 3.06. The van der Waals surface area contributed by atoms with E-state index in [1.165, 1.54) is 11.5 Å². The minimum Gasteiger partial charge on any atom is -0.378 e. The molecule has 0 saturated carbocycles. The van der Waals surface area contributed by atoms with Gasteiger partial charge in [-0.2, -0.15) is 4.37 Å². The zero-order chi connectivity index (χ0) is 17.8. The Morgan fingerprint density at radius 1 is 1.20 bits per heavy atom. The molecular weight excluding hydrogens is 336 g/mol. The summed E-state index contributed by atoms with van der Waals surface area (Å²) in [6.07, 6.45) is 1.35. The molecule has 2 amide bonds. The highest BCUT2D eigenvalue weighted by Crippen LogP contribution is 2.27. The van der Waals surface area contributed by atoms with Gasteiger partial charge < -0.3 is 15.5 Å². The number of likely N-dealkylation sites (tertiary alicyclic amines) is 1. The third kappa shape index (κ3) is 3.82. The molecule has 0 spiro atoms. The van der Waals surface area contributed by atoms with Gasteiger partial charge in [0.05, 0.1) is 11.3 Å². The summed E-state index contributed by atoms with van der Waals surface area (Å²) in [6.45, 7) is 3.03. The quantitative estimate of drug-likeness (QED) is 0.881. The third-order valence-electron chi connectivity index (χ3n) is 4.50. The molecule has 1 aliphatic rings. The maximum atomic E-state index is 12.8. The molecule has 1 aromatic carbocycles. The van der Waals surface area contributed by atoms with E-state index in [1.807, 2.05) is 42.2 Å². The van der Waals surface area contributed by atoms with Gasteiger partial charge in [0, 0.05) is 31.7 Å². The van der Waals surface area contributed by atoms with Crippen LogP contribution in [-0.4, -0.2) is 41.2 Å². The number of anilines is 2. The second kappa shape index (κ2) is 7.65. The zero-order valence-corrected chi connectivity index (χ0v) is 15.2. The zero-order valence-electron chi connectivity index (χ0n) is 14.4. The Bertz CT molecular complexity index is 752. The van der Waals surface area contributed by atoms with Crippen LogP contribution in [0.5, 0.6) is 0 Å². The van der Waals surface area contributed by atoms with Gasteiger partial charge in [0.2, 0.25) is 5.91 Å². The van der Waals surface area contributed by atoms with Crippen molar-refractivity contribution in [2.24, 2.45) is 5.92 Å². The molecule has 2 N–H and O–H groups in total. The summed E-state index contributed by atoms with van der Waals surface area (Å²) in [5.74, 6) is -0.0326. The number of para-hydroxylation sites is 1. The number of nitrogens with zero attached hydrogens (tertiary/aromatic N) is 2. The van der Waals surface area contributed by atoms with Crippen LogP contribution in [0.15, 0.2) is 30.3 Å². The predicted molar refractivity (Wildman–Crippen MR) is 100 cm³/mol. The highest BCUT2D eigenvalue weighted by molar-refractivity contribution is 7.10. The first-order valence-electron chi connectivity index (χ1n) is 8.39. The SMILES string of the molecule is CNc1snc(C)c1C(=O)N1CCC(C(=O)Nc2ccccc2)CC1. The van der Waals surface area contributed by atoms with Gasteiger partial charge in [0.25, 0.3) is 5.91 Å². The van der Waals surface area contributed by atoms with Gasteiger partial charge >= 0.3 is 0 Å². The van der Waals surface area contributed by atoms with Crippen molar-refractivity contribution in [1.82, 2.24) is 9.27 Å². The Morgan fingerprint density at radius 2 is 1.88 bits per heavy atom. The van der Waals surface area contributed by atoms with E-state index in [0.29, 0.717) is 31.5 Å². The van der Waals surface area contributed by atoms with Crippen LogP contribution < -0.4 is 10.6 Å². The number of amides is 2. The number of hydrogen-bond donors (Lipinski definition) is 2. The molecule has 7 heteroatoms. The number of rotatable bonds is 4. The molecule has 1 aromatic heterocycles. The van der Waals surface area contributed by atoms with Crippen molar-refractivity contribution in [1.29, 1.82) is 0 Å². The Labute approximate surface area is 151 Å². The lowest BCUT2D eigenvalue weighted by atomic mass is 9.95. The van der Waals surface area contributed by atoms with Crippen molar-refractivity contribution in [2.75, 3.05) is 30.8 Å². The molecule has 3 rings (SSSR count). The molecule has 132 valence electrons. The third-order valence-corrected chi connectivity index (χ3v) is 5.45. The van der Waals surface area contributed by atoms with Gasteiger partial charge in [-0.15, -0.1) is 0 Å². The van der Waals surface area contributed by atoms with E-state index < -0.39 is 0 Å². The highest BCUT2D eigenvalue weighted by atomic mass is 32.1. The lowest BCUT2D eigenvalue weighted by Crippen LogP contribution is -2.41. The summed E-state index contributed by atoms with van der Waals surface area (Å²) in [6, 6.07) is 9.46. The molecule has 6 nitrogen and oxygen atoms in total. The smallest absolute Gasteiger partial charge is 0.258 e. The second-order valence-electron chi connectivity index (χ2n) is 6.14. The lowest BCUT2D eigenvalue weighted by molar-refractivity contribution is -0.121. The first-order valence-corrected chi connectivity index (χ1v) is 9.16. The number of piperidine rings is 1. The van der Waals surface area contributed by atoms with Crippen LogP contribution in [0.25, 0.3) is 0 Å². The molecular formula is C18H22N4O2S.